The standard InChI is InChI=1S/C11H7NO6S/c13-5-8-6-3-1-2-4-7(6)10(19(16,17)18)12-9(8)11(14)15/h1-5H,(H,14,15)(H,16,17,18). The fraction of sp³-hybridized carbons (Fsp3) is 0. The second kappa shape index (κ2) is 4.41. The summed E-state index contributed by atoms with van der Waals surface area (Å²) in [4.78, 5) is 25.4. The quantitative estimate of drug-likeness (QED) is 0.635. The van der Waals surface area contributed by atoms with Gasteiger partial charge in [-0.05, 0) is 5.39 Å². The Bertz CT molecular complexity index is 796. The SMILES string of the molecule is O=Cc1c(C(=O)O)nc(S(=O)(=O)O)c2ccccc12. The van der Waals surface area contributed by atoms with Crippen LogP contribution < -0.4 is 0 Å². The first-order chi connectivity index (χ1) is 8.86. The van der Waals surface area contributed by atoms with Crippen LogP contribution in [0.25, 0.3) is 10.8 Å². The van der Waals surface area contributed by atoms with E-state index in [1.807, 2.05) is 0 Å². The molecule has 19 heavy (non-hydrogen) atoms. The molecule has 0 spiro atoms. The van der Waals surface area contributed by atoms with Crippen molar-refractivity contribution < 1.29 is 27.7 Å². The third-order valence-electron chi connectivity index (χ3n) is 2.48. The molecule has 2 aromatic rings. The molecule has 0 saturated heterocycles. The van der Waals surface area contributed by atoms with Crippen molar-refractivity contribution >= 4 is 33.1 Å². The van der Waals surface area contributed by atoms with Crippen molar-refractivity contribution in [2.24, 2.45) is 0 Å². The number of carbonyl (C=O) groups excluding carboxylic acids is 1. The Morgan fingerprint density at radius 1 is 1.21 bits per heavy atom. The molecule has 0 unspecified atom stereocenters. The average Bonchev–Trinajstić information content (AvgIpc) is 2.35. The topological polar surface area (TPSA) is 122 Å². The van der Waals surface area contributed by atoms with Gasteiger partial charge in [-0.25, -0.2) is 9.78 Å². The first-order valence-corrected chi connectivity index (χ1v) is 6.39. The Morgan fingerprint density at radius 3 is 2.26 bits per heavy atom. The minimum Gasteiger partial charge on any atom is -0.476 e. The maximum absolute atomic E-state index is 11.2. The minimum absolute atomic E-state index is 0.0166. The Kier molecular flexibility index (Phi) is 3.05. The number of aldehydes is 1. The smallest absolute Gasteiger partial charge is 0.355 e. The number of carboxylic acid groups (broad SMARTS) is 1. The highest BCUT2D eigenvalue weighted by Crippen LogP contribution is 2.25. The number of aromatic carboxylic acids is 1. The van der Waals surface area contributed by atoms with Crippen LogP contribution in [-0.4, -0.2) is 35.3 Å². The zero-order valence-corrected chi connectivity index (χ0v) is 10.1. The van der Waals surface area contributed by atoms with Crippen molar-refractivity contribution in [1.82, 2.24) is 4.98 Å². The predicted molar refractivity (Wildman–Crippen MR) is 63.9 cm³/mol. The summed E-state index contributed by atoms with van der Waals surface area (Å²) in [5.74, 6) is -1.56. The summed E-state index contributed by atoms with van der Waals surface area (Å²) >= 11 is 0. The molecule has 2 N–H and O–H groups in total. The Labute approximate surface area is 107 Å². The van der Waals surface area contributed by atoms with Crippen LogP contribution in [0.15, 0.2) is 29.3 Å². The largest absolute Gasteiger partial charge is 0.476 e. The fourth-order valence-corrected chi connectivity index (χ4v) is 2.40. The molecule has 0 atom stereocenters. The first-order valence-electron chi connectivity index (χ1n) is 4.95. The molecule has 0 amide bonds. The van der Waals surface area contributed by atoms with Crippen LogP contribution in [-0.2, 0) is 10.1 Å². The van der Waals surface area contributed by atoms with E-state index in [2.05, 4.69) is 4.98 Å². The van der Waals surface area contributed by atoms with E-state index in [0.717, 1.165) is 0 Å². The van der Waals surface area contributed by atoms with Crippen LogP contribution in [0, 0.1) is 0 Å². The van der Waals surface area contributed by atoms with Crippen LogP contribution in [0.3, 0.4) is 0 Å². The van der Waals surface area contributed by atoms with Crippen LogP contribution in [0.5, 0.6) is 0 Å². The summed E-state index contributed by atoms with van der Waals surface area (Å²) in [6.07, 6.45) is 0.284. The van der Waals surface area contributed by atoms with Crippen molar-refractivity contribution in [2.75, 3.05) is 0 Å². The van der Waals surface area contributed by atoms with Crippen molar-refractivity contribution in [3.05, 3.63) is 35.5 Å². The highest BCUT2D eigenvalue weighted by atomic mass is 32.2. The van der Waals surface area contributed by atoms with E-state index in [0.29, 0.717) is 0 Å². The van der Waals surface area contributed by atoms with Crippen LogP contribution in [0.2, 0.25) is 0 Å². The van der Waals surface area contributed by atoms with Gasteiger partial charge >= 0.3 is 16.1 Å². The lowest BCUT2D eigenvalue weighted by atomic mass is 10.1. The molecule has 0 fully saturated rings. The number of benzene rings is 1. The van der Waals surface area contributed by atoms with Crippen molar-refractivity contribution in [3.63, 3.8) is 0 Å². The molecule has 98 valence electrons. The van der Waals surface area contributed by atoms with E-state index in [9.17, 15) is 18.0 Å². The van der Waals surface area contributed by atoms with E-state index in [1.165, 1.54) is 24.3 Å². The van der Waals surface area contributed by atoms with E-state index in [1.54, 1.807) is 0 Å². The number of hydrogen-bond acceptors (Lipinski definition) is 5. The lowest BCUT2D eigenvalue weighted by molar-refractivity contribution is 0.0687. The van der Waals surface area contributed by atoms with Crippen molar-refractivity contribution in [3.8, 4) is 0 Å². The predicted octanol–water partition coefficient (Wildman–Crippen LogP) is 0.992. The number of rotatable bonds is 3. The molecule has 0 bridgehead atoms. The van der Waals surface area contributed by atoms with E-state index < -0.39 is 26.8 Å². The number of carboxylic acids is 1. The van der Waals surface area contributed by atoms with E-state index >= 15 is 0 Å². The molecule has 0 aliphatic heterocycles. The number of carbonyl (C=O) groups is 2. The zero-order valence-electron chi connectivity index (χ0n) is 9.27. The number of hydrogen-bond donors (Lipinski definition) is 2. The zero-order chi connectivity index (χ0) is 14.2. The molecular formula is C11H7NO6S. The Hall–Kier alpha value is -2.32. The molecule has 7 nitrogen and oxygen atoms in total. The van der Waals surface area contributed by atoms with Gasteiger partial charge in [0.1, 0.15) is 0 Å². The molecule has 8 heteroatoms. The third-order valence-corrected chi connectivity index (χ3v) is 3.28. The second-order valence-electron chi connectivity index (χ2n) is 3.62. The van der Waals surface area contributed by atoms with Gasteiger partial charge in [-0.15, -0.1) is 0 Å². The lowest BCUT2D eigenvalue weighted by Gasteiger charge is -2.08. The van der Waals surface area contributed by atoms with Gasteiger partial charge in [0.25, 0.3) is 0 Å². The van der Waals surface area contributed by atoms with Crippen molar-refractivity contribution in [2.45, 2.75) is 5.03 Å². The van der Waals surface area contributed by atoms with Gasteiger partial charge in [0.2, 0.25) is 0 Å². The normalized spacial score (nSPS) is 11.4. The van der Waals surface area contributed by atoms with Gasteiger partial charge in [0, 0.05) is 5.39 Å². The summed E-state index contributed by atoms with van der Waals surface area (Å²) in [6, 6.07) is 5.69. The van der Waals surface area contributed by atoms with Gasteiger partial charge in [-0.3, -0.25) is 9.35 Å². The van der Waals surface area contributed by atoms with Crippen LogP contribution in [0.4, 0.5) is 0 Å². The second-order valence-corrected chi connectivity index (χ2v) is 4.96. The van der Waals surface area contributed by atoms with Gasteiger partial charge < -0.3 is 5.11 Å². The summed E-state index contributed by atoms with van der Waals surface area (Å²) in [7, 11) is -4.70. The Morgan fingerprint density at radius 2 is 1.79 bits per heavy atom. The fourth-order valence-electron chi connectivity index (χ4n) is 1.73. The molecule has 0 radical (unpaired) electrons. The van der Waals surface area contributed by atoms with Crippen LogP contribution in [0.1, 0.15) is 20.8 Å². The number of fused-ring (bicyclic) bond motifs is 1. The first kappa shape index (κ1) is 13.1. The molecule has 1 aromatic carbocycles. The highest BCUT2D eigenvalue weighted by molar-refractivity contribution is 7.86. The van der Waals surface area contributed by atoms with Gasteiger partial charge in [0.15, 0.2) is 17.0 Å². The number of pyridine rings is 1. The molecule has 1 heterocycles. The summed E-state index contributed by atoms with van der Waals surface area (Å²) < 4.78 is 31.6. The van der Waals surface area contributed by atoms with E-state index in [-0.39, 0.29) is 22.6 Å². The van der Waals surface area contributed by atoms with Crippen molar-refractivity contribution in [1.29, 1.82) is 0 Å². The molecule has 0 aliphatic rings. The maximum atomic E-state index is 11.2. The molecule has 2 rings (SSSR count). The average molecular weight is 281 g/mol. The summed E-state index contributed by atoms with van der Waals surface area (Å²) in [6.45, 7) is 0. The lowest BCUT2D eigenvalue weighted by Crippen LogP contribution is -2.12. The highest BCUT2D eigenvalue weighted by Gasteiger charge is 2.23. The number of aromatic nitrogens is 1. The molecule has 0 aliphatic carbocycles. The Balaban J connectivity index is 3.08. The van der Waals surface area contributed by atoms with E-state index in [4.69, 9.17) is 9.66 Å². The van der Waals surface area contributed by atoms with Gasteiger partial charge in [0.05, 0.1) is 5.56 Å². The number of nitrogens with zero attached hydrogens (tertiary/aromatic N) is 1. The monoisotopic (exact) mass is 281 g/mol. The minimum atomic E-state index is -4.70. The third kappa shape index (κ3) is 2.18. The van der Waals surface area contributed by atoms with Gasteiger partial charge in [-0.1, -0.05) is 24.3 Å². The van der Waals surface area contributed by atoms with Gasteiger partial charge in [-0.2, -0.15) is 8.42 Å². The van der Waals surface area contributed by atoms with Crippen LogP contribution >= 0.6 is 0 Å². The summed E-state index contributed by atoms with van der Waals surface area (Å²) in [5.41, 5.74) is -0.961. The molecule has 0 saturated carbocycles. The maximum Gasteiger partial charge on any atom is 0.355 e. The molecular weight excluding hydrogens is 274 g/mol. The molecule has 1 aromatic heterocycles. The summed E-state index contributed by atoms with van der Waals surface area (Å²) in [5, 5.41) is 8.24.